The largest absolute Gasteiger partial charge is 0.486 e. The molecule has 10 heteroatoms. The second kappa shape index (κ2) is 7.43. The van der Waals surface area contributed by atoms with Gasteiger partial charge in [-0.05, 0) is 18.6 Å². The molecule has 0 radical (unpaired) electrons. The molecule has 0 saturated carbocycles. The van der Waals surface area contributed by atoms with Crippen LogP contribution in [-0.4, -0.2) is 39.6 Å². The summed E-state index contributed by atoms with van der Waals surface area (Å²) in [5.41, 5.74) is -0.751. The Hall–Kier alpha value is -2.75. The Morgan fingerprint density at radius 3 is 2.80 bits per heavy atom. The topological polar surface area (TPSA) is 126 Å². The highest BCUT2D eigenvalue weighted by Gasteiger charge is 2.21. The van der Waals surface area contributed by atoms with Crippen LogP contribution in [0, 0.1) is 0 Å². The Kier molecular flexibility index (Phi) is 5.08. The molecule has 25 heavy (non-hydrogen) atoms. The number of aromatic amines is 2. The lowest BCUT2D eigenvalue weighted by atomic mass is 10.2. The van der Waals surface area contributed by atoms with Crippen molar-refractivity contribution in [3.8, 4) is 11.5 Å². The minimum Gasteiger partial charge on any atom is -0.486 e. The molecule has 0 spiro atoms. The SMILES string of the molecule is CCC(Sc1n[nH]c(=O)[nH]c1=O)C(=O)Nc1ccc2c(c1)OCCO2. The predicted molar refractivity (Wildman–Crippen MR) is 91.5 cm³/mol. The first-order valence-corrected chi connectivity index (χ1v) is 8.51. The van der Waals surface area contributed by atoms with Crippen molar-refractivity contribution >= 4 is 23.4 Å². The number of hydrogen-bond acceptors (Lipinski definition) is 7. The summed E-state index contributed by atoms with van der Waals surface area (Å²) in [6.45, 7) is 2.77. The third-order valence-corrected chi connectivity index (χ3v) is 4.74. The van der Waals surface area contributed by atoms with E-state index < -0.39 is 16.5 Å². The quantitative estimate of drug-likeness (QED) is 0.668. The van der Waals surface area contributed by atoms with Crippen LogP contribution < -0.4 is 26.0 Å². The average Bonchev–Trinajstić information content (AvgIpc) is 2.61. The molecule has 9 nitrogen and oxygen atoms in total. The lowest BCUT2D eigenvalue weighted by Crippen LogP contribution is -2.29. The number of carbonyl (C=O) groups excluding carboxylic acids is 1. The first-order valence-electron chi connectivity index (χ1n) is 7.63. The molecule has 1 aromatic heterocycles. The summed E-state index contributed by atoms with van der Waals surface area (Å²) in [7, 11) is 0. The van der Waals surface area contributed by atoms with Gasteiger partial charge in [-0.25, -0.2) is 9.89 Å². The van der Waals surface area contributed by atoms with Crippen LogP contribution in [0.15, 0.2) is 32.8 Å². The van der Waals surface area contributed by atoms with Crippen molar-refractivity contribution in [3.63, 3.8) is 0 Å². The van der Waals surface area contributed by atoms with Crippen molar-refractivity contribution in [2.24, 2.45) is 0 Å². The summed E-state index contributed by atoms with van der Waals surface area (Å²) >= 11 is 0.987. The zero-order valence-electron chi connectivity index (χ0n) is 13.3. The number of H-pyrrole nitrogens is 2. The lowest BCUT2D eigenvalue weighted by Gasteiger charge is -2.19. The van der Waals surface area contributed by atoms with Gasteiger partial charge in [-0.2, -0.15) is 5.10 Å². The number of benzene rings is 1. The molecule has 1 atom stereocenters. The Labute approximate surface area is 146 Å². The van der Waals surface area contributed by atoms with Gasteiger partial charge in [0.2, 0.25) is 5.91 Å². The first-order chi connectivity index (χ1) is 12.1. The van der Waals surface area contributed by atoms with E-state index in [4.69, 9.17) is 9.47 Å². The van der Waals surface area contributed by atoms with Crippen LogP contribution in [0.3, 0.4) is 0 Å². The third kappa shape index (κ3) is 4.02. The molecule has 1 aliphatic heterocycles. The van der Waals surface area contributed by atoms with Crippen LogP contribution in [0.4, 0.5) is 5.69 Å². The molecule has 3 rings (SSSR count). The van der Waals surface area contributed by atoms with Crippen LogP contribution in [0.5, 0.6) is 11.5 Å². The van der Waals surface area contributed by atoms with Gasteiger partial charge in [0.25, 0.3) is 5.56 Å². The second-order valence-electron chi connectivity index (χ2n) is 5.17. The summed E-state index contributed by atoms with van der Waals surface area (Å²) in [6, 6.07) is 5.13. The van der Waals surface area contributed by atoms with Crippen molar-refractivity contribution in [1.82, 2.24) is 15.2 Å². The van der Waals surface area contributed by atoms with Crippen molar-refractivity contribution in [2.75, 3.05) is 18.5 Å². The molecule has 3 N–H and O–H groups in total. The summed E-state index contributed by atoms with van der Waals surface area (Å²) < 4.78 is 10.9. The minimum atomic E-state index is -0.692. The molecule has 1 unspecified atom stereocenters. The number of fused-ring (bicyclic) bond motifs is 1. The lowest BCUT2D eigenvalue weighted by molar-refractivity contribution is -0.115. The average molecular weight is 364 g/mol. The fraction of sp³-hybridized carbons (Fsp3) is 0.333. The number of aromatic nitrogens is 3. The fourth-order valence-electron chi connectivity index (χ4n) is 2.22. The number of nitrogens with zero attached hydrogens (tertiary/aromatic N) is 1. The monoisotopic (exact) mass is 364 g/mol. The summed E-state index contributed by atoms with van der Waals surface area (Å²) in [5, 5.41) is 8.10. The molecule has 0 bridgehead atoms. The normalized spacial score (nSPS) is 14.0. The molecule has 1 aliphatic rings. The molecule has 132 valence electrons. The van der Waals surface area contributed by atoms with E-state index in [9.17, 15) is 14.4 Å². The first kappa shape index (κ1) is 17.1. The number of nitrogens with one attached hydrogen (secondary N) is 3. The highest BCUT2D eigenvalue weighted by Crippen LogP contribution is 2.33. The Morgan fingerprint density at radius 1 is 1.32 bits per heavy atom. The molecule has 0 saturated heterocycles. The van der Waals surface area contributed by atoms with Crippen LogP contribution in [0.1, 0.15) is 13.3 Å². The van der Waals surface area contributed by atoms with E-state index >= 15 is 0 Å². The van der Waals surface area contributed by atoms with E-state index in [-0.39, 0.29) is 10.9 Å². The number of ether oxygens (including phenoxy) is 2. The van der Waals surface area contributed by atoms with Crippen LogP contribution in [0.25, 0.3) is 0 Å². The minimum absolute atomic E-state index is 0.0313. The van der Waals surface area contributed by atoms with Gasteiger partial charge >= 0.3 is 5.69 Å². The zero-order valence-corrected chi connectivity index (χ0v) is 14.1. The van der Waals surface area contributed by atoms with Crippen LogP contribution in [0.2, 0.25) is 0 Å². The van der Waals surface area contributed by atoms with E-state index in [1.807, 2.05) is 6.92 Å². The highest BCUT2D eigenvalue weighted by molar-refractivity contribution is 8.00. The maximum Gasteiger partial charge on any atom is 0.342 e. The van der Waals surface area contributed by atoms with E-state index in [0.717, 1.165) is 11.8 Å². The summed E-state index contributed by atoms with van der Waals surface area (Å²) in [5.74, 6) is 0.926. The molecule has 1 amide bonds. The van der Waals surface area contributed by atoms with Gasteiger partial charge in [-0.1, -0.05) is 18.7 Å². The third-order valence-electron chi connectivity index (χ3n) is 3.41. The summed E-state index contributed by atoms with van der Waals surface area (Å²) in [6.07, 6.45) is 0.474. The number of anilines is 1. The fourth-order valence-corrected chi connectivity index (χ4v) is 3.08. The van der Waals surface area contributed by atoms with E-state index in [2.05, 4.69) is 20.5 Å². The number of carbonyl (C=O) groups is 1. The van der Waals surface area contributed by atoms with Crippen LogP contribution in [-0.2, 0) is 4.79 Å². The van der Waals surface area contributed by atoms with Gasteiger partial charge in [-0.3, -0.25) is 14.6 Å². The van der Waals surface area contributed by atoms with Crippen molar-refractivity contribution in [1.29, 1.82) is 0 Å². The number of amides is 1. The predicted octanol–water partition coefficient (Wildman–Crippen LogP) is 0.739. The highest BCUT2D eigenvalue weighted by atomic mass is 32.2. The number of thioether (sulfide) groups is 1. The molecule has 2 heterocycles. The standard InChI is InChI=1S/C15H16N4O5S/c1-2-11(25-14-13(21)17-15(22)19-18-14)12(20)16-8-3-4-9-10(7-8)24-6-5-23-9/h3-4,7,11H,2,5-6H2,1H3,(H,16,20)(H2,17,19,21,22). The van der Waals surface area contributed by atoms with Gasteiger partial charge < -0.3 is 14.8 Å². The molecule has 1 aromatic carbocycles. The zero-order chi connectivity index (χ0) is 17.8. The van der Waals surface area contributed by atoms with Gasteiger partial charge in [0.05, 0.1) is 5.25 Å². The Bertz CT molecular complexity index is 894. The second-order valence-corrected chi connectivity index (χ2v) is 6.37. The molecule has 0 aliphatic carbocycles. The number of rotatable bonds is 5. The number of hydrogen-bond donors (Lipinski definition) is 3. The van der Waals surface area contributed by atoms with Crippen molar-refractivity contribution in [2.45, 2.75) is 23.6 Å². The van der Waals surface area contributed by atoms with Gasteiger partial charge in [0.1, 0.15) is 13.2 Å². The van der Waals surface area contributed by atoms with E-state index in [1.54, 1.807) is 18.2 Å². The Morgan fingerprint density at radius 2 is 2.08 bits per heavy atom. The van der Waals surface area contributed by atoms with Crippen molar-refractivity contribution in [3.05, 3.63) is 39.0 Å². The van der Waals surface area contributed by atoms with Crippen molar-refractivity contribution < 1.29 is 14.3 Å². The van der Waals surface area contributed by atoms with Gasteiger partial charge in [-0.15, -0.1) is 0 Å². The Balaban J connectivity index is 1.72. The van der Waals surface area contributed by atoms with Gasteiger partial charge in [0, 0.05) is 11.8 Å². The van der Waals surface area contributed by atoms with Gasteiger partial charge in [0.15, 0.2) is 16.5 Å². The summed E-state index contributed by atoms with van der Waals surface area (Å²) in [4.78, 5) is 37.3. The maximum absolute atomic E-state index is 12.5. The molecular formula is C15H16N4O5S. The van der Waals surface area contributed by atoms with E-state index in [0.29, 0.717) is 36.8 Å². The maximum atomic E-state index is 12.5. The molecular weight excluding hydrogens is 348 g/mol. The smallest absolute Gasteiger partial charge is 0.342 e. The van der Waals surface area contributed by atoms with E-state index in [1.165, 1.54) is 0 Å². The molecule has 0 fully saturated rings. The molecule has 2 aromatic rings. The van der Waals surface area contributed by atoms with Crippen LogP contribution >= 0.6 is 11.8 Å².